The van der Waals surface area contributed by atoms with Crippen LogP contribution in [0.5, 0.6) is 5.75 Å². The van der Waals surface area contributed by atoms with Crippen LogP contribution < -0.4 is 4.74 Å². The van der Waals surface area contributed by atoms with Gasteiger partial charge < -0.3 is 9.64 Å². The highest BCUT2D eigenvalue weighted by Gasteiger charge is 1.95. The Bertz CT molecular complexity index is 279. The van der Waals surface area contributed by atoms with Crippen molar-refractivity contribution in [3.63, 3.8) is 0 Å². The topological polar surface area (TPSA) is 12.5 Å². The Labute approximate surface area is 99.2 Å². The van der Waals surface area contributed by atoms with Gasteiger partial charge in [0.15, 0.2) is 0 Å². The smallest absolute Gasteiger partial charge is 0.119 e. The molecule has 16 heavy (non-hydrogen) atoms. The van der Waals surface area contributed by atoms with Crippen molar-refractivity contribution >= 4 is 0 Å². The third-order valence-electron chi connectivity index (χ3n) is 2.39. The van der Waals surface area contributed by atoms with Gasteiger partial charge in [0, 0.05) is 0 Å². The van der Waals surface area contributed by atoms with E-state index in [0.29, 0.717) is 0 Å². The zero-order valence-electron chi connectivity index (χ0n) is 10.4. The van der Waals surface area contributed by atoms with Gasteiger partial charge in [0.05, 0.1) is 6.61 Å². The van der Waals surface area contributed by atoms with Crippen LogP contribution in [0.2, 0.25) is 0 Å². The second kappa shape index (κ2) is 7.29. The third kappa shape index (κ3) is 5.17. The highest BCUT2D eigenvalue weighted by molar-refractivity contribution is 5.27. The fraction of sp³-hybridized carbons (Fsp3) is 0.500. The summed E-state index contributed by atoms with van der Waals surface area (Å²) >= 11 is 0. The summed E-state index contributed by atoms with van der Waals surface area (Å²) in [5.74, 6) is 0.964. The minimum atomic E-state index is 0.822. The second-order valence-corrected chi connectivity index (χ2v) is 4.21. The molecule has 0 N–H and O–H groups in total. The minimum absolute atomic E-state index is 0.822. The van der Waals surface area contributed by atoms with Gasteiger partial charge >= 0.3 is 0 Å². The maximum atomic E-state index is 5.64. The molecule has 0 amide bonds. The molecule has 0 saturated carbocycles. The summed E-state index contributed by atoms with van der Waals surface area (Å²) in [6.45, 7) is 3.89. The SMILES string of the molecule is [CH2-]N(C)Cc1ccc(OCCCCC)cc1. The van der Waals surface area contributed by atoms with E-state index in [0.717, 1.165) is 25.3 Å². The van der Waals surface area contributed by atoms with Crippen LogP contribution in [0.1, 0.15) is 31.7 Å². The molecule has 0 heterocycles. The summed E-state index contributed by atoms with van der Waals surface area (Å²) < 4.78 is 5.64. The normalized spacial score (nSPS) is 10.8. The Hall–Kier alpha value is -1.02. The molecule has 0 aliphatic carbocycles. The number of nitrogens with zero attached hydrogens (tertiary/aromatic N) is 1. The van der Waals surface area contributed by atoms with Gasteiger partial charge in [-0.15, -0.1) is 0 Å². The lowest BCUT2D eigenvalue weighted by atomic mass is 10.2. The predicted molar refractivity (Wildman–Crippen MR) is 68.3 cm³/mol. The van der Waals surface area contributed by atoms with Gasteiger partial charge in [0.25, 0.3) is 0 Å². The molecule has 1 aromatic carbocycles. The first kappa shape index (κ1) is 13.0. The van der Waals surface area contributed by atoms with Crippen molar-refractivity contribution in [2.24, 2.45) is 0 Å². The van der Waals surface area contributed by atoms with Crippen LogP contribution in [0, 0.1) is 7.05 Å². The number of ether oxygens (including phenoxy) is 1. The molecule has 0 unspecified atom stereocenters. The van der Waals surface area contributed by atoms with E-state index in [1.807, 2.05) is 24.1 Å². The number of unbranched alkanes of at least 4 members (excludes halogenated alkanes) is 2. The first-order valence-corrected chi connectivity index (χ1v) is 5.95. The molecule has 0 atom stereocenters. The summed E-state index contributed by atoms with van der Waals surface area (Å²) in [7, 11) is 5.80. The first-order chi connectivity index (χ1) is 7.72. The van der Waals surface area contributed by atoms with Gasteiger partial charge in [-0.3, -0.25) is 7.05 Å². The molecule has 2 heteroatoms. The number of hydrogen-bond acceptors (Lipinski definition) is 2. The summed E-state index contributed by atoms with van der Waals surface area (Å²) in [5, 5.41) is 0. The molecule has 0 spiro atoms. The highest BCUT2D eigenvalue weighted by Crippen LogP contribution is 2.13. The zero-order chi connectivity index (χ0) is 11.8. The van der Waals surface area contributed by atoms with Crippen LogP contribution in [0.3, 0.4) is 0 Å². The lowest BCUT2D eigenvalue weighted by molar-refractivity contribution is 0.306. The fourth-order valence-electron chi connectivity index (χ4n) is 1.54. The van der Waals surface area contributed by atoms with Crippen LogP contribution in [-0.4, -0.2) is 18.6 Å². The Balaban J connectivity index is 2.33. The van der Waals surface area contributed by atoms with Crippen molar-refractivity contribution in [3.8, 4) is 5.75 Å². The molecule has 0 fully saturated rings. The Kier molecular flexibility index (Phi) is 5.94. The van der Waals surface area contributed by atoms with Crippen LogP contribution in [0.4, 0.5) is 0 Å². The van der Waals surface area contributed by atoms with Crippen LogP contribution in [0.25, 0.3) is 0 Å². The lowest BCUT2D eigenvalue weighted by Gasteiger charge is -2.17. The summed E-state index contributed by atoms with van der Waals surface area (Å²) in [4.78, 5) is 1.91. The summed E-state index contributed by atoms with van der Waals surface area (Å²) in [6.07, 6.45) is 3.61. The van der Waals surface area contributed by atoms with E-state index in [1.165, 1.54) is 18.4 Å². The molecular formula is C14H22NO-. The van der Waals surface area contributed by atoms with Crippen molar-refractivity contribution in [1.82, 2.24) is 4.90 Å². The zero-order valence-corrected chi connectivity index (χ0v) is 10.4. The van der Waals surface area contributed by atoms with Crippen molar-refractivity contribution in [2.75, 3.05) is 13.7 Å². The average molecular weight is 220 g/mol. The Morgan fingerprint density at radius 1 is 1.19 bits per heavy atom. The molecule has 0 aromatic heterocycles. The molecule has 0 aliphatic heterocycles. The molecule has 2 nitrogen and oxygen atoms in total. The fourth-order valence-corrected chi connectivity index (χ4v) is 1.54. The highest BCUT2D eigenvalue weighted by atomic mass is 16.5. The van der Waals surface area contributed by atoms with Crippen molar-refractivity contribution < 1.29 is 4.74 Å². The third-order valence-corrected chi connectivity index (χ3v) is 2.39. The number of benzene rings is 1. The van der Waals surface area contributed by atoms with Gasteiger partial charge in [-0.1, -0.05) is 31.9 Å². The summed E-state index contributed by atoms with van der Waals surface area (Å²) in [5.41, 5.74) is 1.26. The van der Waals surface area contributed by atoms with E-state index in [1.54, 1.807) is 0 Å². The maximum absolute atomic E-state index is 5.64. The van der Waals surface area contributed by atoms with Gasteiger partial charge in [0.1, 0.15) is 5.75 Å². The van der Waals surface area contributed by atoms with Crippen molar-refractivity contribution in [3.05, 3.63) is 36.9 Å². The monoisotopic (exact) mass is 220 g/mol. The van der Waals surface area contributed by atoms with E-state index >= 15 is 0 Å². The molecule has 0 saturated heterocycles. The maximum Gasteiger partial charge on any atom is 0.119 e. The van der Waals surface area contributed by atoms with E-state index in [9.17, 15) is 0 Å². The van der Waals surface area contributed by atoms with Gasteiger partial charge in [-0.2, -0.15) is 0 Å². The first-order valence-electron chi connectivity index (χ1n) is 5.95. The molecule has 90 valence electrons. The van der Waals surface area contributed by atoms with Crippen molar-refractivity contribution in [2.45, 2.75) is 32.7 Å². The van der Waals surface area contributed by atoms with Gasteiger partial charge in [0.2, 0.25) is 0 Å². The van der Waals surface area contributed by atoms with Crippen LogP contribution in [-0.2, 0) is 6.54 Å². The number of hydrogen-bond donors (Lipinski definition) is 0. The molecule has 1 aromatic rings. The molecule has 0 bridgehead atoms. The van der Waals surface area contributed by atoms with Crippen molar-refractivity contribution in [1.29, 1.82) is 0 Å². The lowest BCUT2D eigenvalue weighted by Crippen LogP contribution is -2.07. The minimum Gasteiger partial charge on any atom is -0.494 e. The van der Waals surface area contributed by atoms with E-state index in [4.69, 9.17) is 4.74 Å². The van der Waals surface area contributed by atoms with Crippen LogP contribution in [0.15, 0.2) is 24.3 Å². The second-order valence-electron chi connectivity index (χ2n) is 4.21. The quantitative estimate of drug-likeness (QED) is 0.515. The number of rotatable bonds is 7. The molecule has 0 aliphatic rings. The van der Waals surface area contributed by atoms with E-state index in [-0.39, 0.29) is 0 Å². The Morgan fingerprint density at radius 2 is 1.88 bits per heavy atom. The van der Waals surface area contributed by atoms with Gasteiger partial charge in [-0.05, 0) is 37.7 Å². The average Bonchev–Trinajstić information content (AvgIpc) is 2.26. The van der Waals surface area contributed by atoms with E-state index < -0.39 is 0 Å². The largest absolute Gasteiger partial charge is 0.494 e. The molecule has 1 rings (SSSR count). The molecule has 0 radical (unpaired) electrons. The molecular weight excluding hydrogens is 198 g/mol. The standard InChI is InChI=1S/C14H22NO/c1-4-5-6-11-16-14-9-7-13(8-10-14)12-15(2)3/h7-10H,2,4-6,11-12H2,1,3H3/q-1. The Morgan fingerprint density at radius 3 is 2.44 bits per heavy atom. The van der Waals surface area contributed by atoms with Gasteiger partial charge in [-0.25, -0.2) is 0 Å². The van der Waals surface area contributed by atoms with Crippen LogP contribution >= 0.6 is 0 Å². The van der Waals surface area contributed by atoms with E-state index in [2.05, 4.69) is 26.1 Å². The predicted octanol–water partition coefficient (Wildman–Crippen LogP) is 3.48. The summed E-state index contributed by atoms with van der Waals surface area (Å²) in [6, 6.07) is 8.25.